The smallest absolute Gasteiger partial charge is 0.248 e. The Morgan fingerprint density at radius 2 is 1.88 bits per heavy atom. The molecule has 2 amide bonds. The van der Waals surface area contributed by atoms with E-state index >= 15 is 0 Å². The largest absolute Gasteiger partial charge is 0.494 e. The molecule has 1 fully saturated rings. The molecule has 5 aromatic rings. The van der Waals surface area contributed by atoms with E-state index in [9.17, 15) is 14.0 Å². The Hall–Kier alpha value is -5.06. The number of nitrogens with zero attached hydrogens (tertiary/aromatic N) is 5. The average molecular weight is 582 g/mol. The van der Waals surface area contributed by atoms with Crippen molar-refractivity contribution in [2.75, 3.05) is 12.0 Å². The molecule has 3 aromatic carbocycles. The Labute approximate surface area is 247 Å². The van der Waals surface area contributed by atoms with Crippen LogP contribution in [0.25, 0.3) is 16.6 Å². The lowest BCUT2D eigenvalue weighted by Crippen LogP contribution is -2.47. The molecule has 0 spiro atoms. The summed E-state index contributed by atoms with van der Waals surface area (Å²) in [5, 5.41) is 15.5. The number of tetrazole rings is 1. The molecule has 1 aliphatic rings. The van der Waals surface area contributed by atoms with Crippen LogP contribution >= 0.6 is 0 Å². The minimum atomic E-state index is -1.07. The number of benzene rings is 3. The monoisotopic (exact) mass is 581 g/mol. The number of methoxy groups -OCH3 is 1. The molecule has 0 radical (unpaired) electrons. The number of carbonyl (C=O) groups excluding carboxylic acids is 2. The van der Waals surface area contributed by atoms with Gasteiger partial charge in [0.1, 0.15) is 29.6 Å². The van der Waals surface area contributed by atoms with Crippen molar-refractivity contribution in [3.05, 3.63) is 96.2 Å². The summed E-state index contributed by atoms with van der Waals surface area (Å²) in [5.74, 6) is -0.663. The van der Waals surface area contributed by atoms with Crippen molar-refractivity contribution in [1.29, 1.82) is 0 Å². The first-order chi connectivity index (χ1) is 21.0. The van der Waals surface area contributed by atoms with E-state index in [1.165, 1.54) is 35.2 Å². The third kappa shape index (κ3) is 5.97. The lowest BCUT2D eigenvalue weighted by Gasteiger charge is -2.34. The summed E-state index contributed by atoms with van der Waals surface area (Å²) in [4.78, 5) is 33.3. The molecule has 220 valence electrons. The van der Waals surface area contributed by atoms with Crippen molar-refractivity contribution < 1.29 is 18.7 Å². The molecular weight excluding hydrogens is 549 g/mol. The maximum absolute atomic E-state index is 14.4. The van der Waals surface area contributed by atoms with Crippen LogP contribution < -0.4 is 15.0 Å². The van der Waals surface area contributed by atoms with Crippen LogP contribution in [0.5, 0.6) is 5.75 Å². The first-order valence-electron chi connectivity index (χ1n) is 14.4. The number of carbonyl (C=O) groups is 2. The number of aromatic nitrogens is 5. The number of hydrogen-bond acceptors (Lipinski definition) is 6. The molecule has 0 aliphatic heterocycles. The van der Waals surface area contributed by atoms with Crippen molar-refractivity contribution in [1.82, 2.24) is 30.5 Å². The van der Waals surface area contributed by atoms with Gasteiger partial charge in [-0.25, -0.2) is 4.39 Å². The fraction of sp³-hybridized carbons (Fsp3) is 0.281. The van der Waals surface area contributed by atoms with Crippen molar-refractivity contribution in [2.24, 2.45) is 0 Å². The van der Waals surface area contributed by atoms with Gasteiger partial charge in [-0.1, -0.05) is 49.6 Å². The SMILES string of the molecule is COc1cc(N(C(=O)Cc2c[nH]c3ccccc23)C(C(=O)NC2CCCCC2)c2ccc(F)cc2)ccc1-n1cnnn1. The standard InChI is InChI=1S/C32H32FN7O3/c1-43-29-18-25(15-16-28(29)39-20-35-37-38-39)40(30(41)17-22-19-34-27-10-6-5-9-26(22)27)31(21-11-13-23(33)14-12-21)32(42)36-24-7-3-2-4-8-24/h5-6,9-16,18-20,24,31,34H,2-4,7-8,17H2,1H3,(H,36,42). The number of anilines is 1. The maximum Gasteiger partial charge on any atom is 0.248 e. The maximum atomic E-state index is 14.4. The van der Waals surface area contributed by atoms with Gasteiger partial charge in [0.2, 0.25) is 11.8 Å². The normalized spacial score (nSPS) is 14.4. The summed E-state index contributed by atoms with van der Waals surface area (Å²) in [6.45, 7) is 0. The van der Waals surface area contributed by atoms with E-state index in [0.29, 0.717) is 22.7 Å². The molecule has 10 nitrogen and oxygen atoms in total. The Kier molecular flexibility index (Phi) is 8.12. The summed E-state index contributed by atoms with van der Waals surface area (Å²) < 4.78 is 21.2. The van der Waals surface area contributed by atoms with Gasteiger partial charge in [-0.2, -0.15) is 4.68 Å². The fourth-order valence-electron chi connectivity index (χ4n) is 5.83. The van der Waals surface area contributed by atoms with E-state index in [4.69, 9.17) is 4.74 Å². The quantitative estimate of drug-likeness (QED) is 0.251. The highest BCUT2D eigenvalue weighted by Crippen LogP contribution is 2.35. The van der Waals surface area contributed by atoms with E-state index < -0.39 is 11.9 Å². The van der Waals surface area contributed by atoms with Crippen LogP contribution in [-0.4, -0.2) is 50.2 Å². The summed E-state index contributed by atoms with van der Waals surface area (Å²) >= 11 is 0. The van der Waals surface area contributed by atoms with E-state index in [0.717, 1.165) is 48.6 Å². The van der Waals surface area contributed by atoms with Crippen LogP contribution in [0.4, 0.5) is 10.1 Å². The molecule has 0 bridgehead atoms. The van der Waals surface area contributed by atoms with Crippen LogP contribution in [0, 0.1) is 5.82 Å². The summed E-state index contributed by atoms with van der Waals surface area (Å²) in [7, 11) is 1.51. The average Bonchev–Trinajstić information content (AvgIpc) is 3.71. The van der Waals surface area contributed by atoms with Crippen LogP contribution in [0.2, 0.25) is 0 Å². The van der Waals surface area contributed by atoms with E-state index in [2.05, 4.69) is 25.8 Å². The Balaban J connectivity index is 1.45. The zero-order valence-electron chi connectivity index (χ0n) is 23.7. The van der Waals surface area contributed by atoms with Gasteiger partial charge in [-0.3, -0.25) is 14.5 Å². The fourth-order valence-corrected chi connectivity index (χ4v) is 5.83. The van der Waals surface area contributed by atoms with Gasteiger partial charge in [0.15, 0.2) is 0 Å². The van der Waals surface area contributed by atoms with Crippen LogP contribution in [-0.2, 0) is 16.0 Å². The van der Waals surface area contributed by atoms with Crippen molar-refractivity contribution in [3.8, 4) is 11.4 Å². The van der Waals surface area contributed by atoms with Gasteiger partial charge in [0.25, 0.3) is 0 Å². The summed E-state index contributed by atoms with van der Waals surface area (Å²) in [6.07, 6.45) is 8.23. The first-order valence-corrected chi connectivity index (χ1v) is 14.4. The topological polar surface area (TPSA) is 118 Å². The molecule has 1 unspecified atom stereocenters. The number of halogens is 1. The van der Waals surface area contributed by atoms with Crippen molar-refractivity contribution >= 4 is 28.4 Å². The molecule has 11 heteroatoms. The zero-order chi connectivity index (χ0) is 29.8. The highest BCUT2D eigenvalue weighted by Gasteiger charge is 2.35. The predicted molar refractivity (Wildman–Crippen MR) is 159 cm³/mol. The number of hydrogen-bond donors (Lipinski definition) is 2. The van der Waals surface area contributed by atoms with Crippen LogP contribution in [0.15, 0.2) is 79.3 Å². The molecule has 1 atom stereocenters. The third-order valence-electron chi connectivity index (χ3n) is 7.97. The second-order valence-electron chi connectivity index (χ2n) is 10.7. The molecular formula is C32H32FN7O3. The third-order valence-corrected chi connectivity index (χ3v) is 7.97. The lowest BCUT2D eigenvalue weighted by atomic mass is 9.94. The zero-order valence-corrected chi connectivity index (χ0v) is 23.7. The minimum absolute atomic E-state index is 0.00601. The number of ether oxygens (including phenoxy) is 1. The van der Waals surface area contributed by atoms with Gasteiger partial charge >= 0.3 is 0 Å². The van der Waals surface area contributed by atoms with Gasteiger partial charge < -0.3 is 15.0 Å². The number of H-pyrrole nitrogens is 1. The number of amides is 2. The number of rotatable bonds is 9. The second-order valence-corrected chi connectivity index (χ2v) is 10.7. The molecule has 0 saturated heterocycles. The summed E-state index contributed by atoms with van der Waals surface area (Å²) in [5.41, 5.74) is 3.20. The highest BCUT2D eigenvalue weighted by molar-refractivity contribution is 6.03. The van der Waals surface area contributed by atoms with Gasteiger partial charge in [0, 0.05) is 34.9 Å². The Morgan fingerprint density at radius 1 is 1.09 bits per heavy atom. The molecule has 2 aromatic heterocycles. The van der Waals surface area contributed by atoms with E-state index in [1.807, 2.05) is 30.5 Å². The minimum Gasteiger partial charge on any atom is -0.494 e. The van der Waals surface area contributed by atoms with E-state index in [1.54, 1.807) is 30.3 Å². The molecule has 1 saturated carbocycles. The molecule has 2 N–H and O–H groups in total. The Bertz CT molecular complexity index is 1710. The number of fused-ring (bicyclic) bond motifs is 1. The predicted octanol–water partition coefficient (Wildman–Crippen LogP) is 5.06. The molecule has 2 heterocycles. The molecule has 43 heavy (non-hydrogen) atoms. The van der Waals surface area contributed by atoms with E-state index in [-0.39, 0.29) is 24.3 Å². The second kappa shape index (κ2) is 12.4. The lowest BCUT2D eigenvalue weighted by molar-refractivity contribution is -0.127. The van der Waals surface area contributed by atoms with Crippen LogP contribution in [0.1, 0.15) is 49.3 Å². The summed E-state index contributed by atoms with van der Waals surface area (Å²) in [6, 6.07) is 17.6. The Morgan fingerprint density at radius 3 is 2.63 bits per heavy atom. The van der Waals surface area contributed by atoms with Gasteiger partial charge in [-0.05, 0) is 64.7 Å². The van der Waals surface area contributed by atoms with Crippen molar-refractivity contribution in [3.63, 3.8) is 0 Å². The number of nitrogens with one attached hydrogen (secondary N) is 2. The van der Waals surface area contributed by atoms with Gasteiger partial charge in [0.05, 0.1) is 13.5 Å². The first kappa shape index (κ1) is 28.1. The number of aromatic amines is 1. The van der Waals surface area contributed by atoms with Crippen LogP contribution in [0.3, 0.4) is 0 Å². The van der Waals surface area contributed by atoms with Gasteiger partial charge in [-0.15, -0.1) is 5.10 Å². The molecule has 6 rings (SSSR count). The molecule has 1 aliphatic carbocycles. The van der Waals surface area contributed by atoms with Crippen molar-refractivity contribution in [2.45, 2.75) is 50.6 Å². The highest BCUT2D eigenvalue weighted by atomic mass is 19.1. The number of para-hydroxylation sites is 1.